The minimum atomic E-state index is -2.31. The average Bonchev–Trinajstić information content (AvgIpc) is 2.06. The number of rotatable bonds is 3. The molecule has 3 nitrogen and oxygen atoms in total. The maximum absolute atomic E-state index is 12.1. The fraction of sp³-hybridized carbons (Fsp3) is 1.00. The van der Waals surface area contributed by atoms with Crippen molar-refractivity contribution >= 4 is 0 Å². The van der Waals surface area contributed by atoms with E-state index >= 15 is 0 Å². The molecular weight excluding hydrogens is 166 g/mol. The van der Waals surface area contributed by atoms with Gasteiger partial charge < -0.3 is 4.74 Å². The van der Waals surface area contributed by atoms with Crippen LogP contribution in [0.4, 0.5) is 8.78 Å². The number of nitrogens with one attached hydrogen (secondary N) is 1. The molecule has 72 valence electrons. The average molecular weight is 180 g/mol. The van der Waals surface area contributed by atoms with Crippen LogP contribution in [0.3, 0.4) is 0 Å². The number of hydrogen-bond donors (Lipinski definition) is 1. The second-order valence-corrected chi connectivity index (χ2v) is 2.85. The van der Waals surface area contributed by atoms with Gasteiger partial charge in [-0.15, -0.1) is 0 Å². The predicted octanol–water partition coefficient (Wildman–Crippen LogP) is 0.477. The number of hydrogen-bond acceptors (Lipinski definition) is 3. The molecule has 1 saturated heterocycles. The molecule has 1 aliphatic rings. The van der Waals surface area contributed by atoms with Gasteiger partial charge in [0, 0.05) is 13.1 Å². The highest BCUT2D eigenvalue weighted by Gasteiger charge is 2.18. The van der Waals surface area contributed by atoms with Gasteiger partial charge in [-0.25, -0.2) is 19.2 Å². The first kappa shape index (κ1) is 9.83. The van der Waals surface area contributed by atoms with Crippen molar-refractivity contribution in [2.75, 3.05) is 26.3 Å². The van der Waals surface area contributed by atoms with E-state index in [2.05, 4.69) is 5.43 Å². The maximum atomic E-state index is 12.1. The van der Waals surface area contributed by atoms with Crippen molar-refractivity contribution in [1.29, 1.82) is 0 Å². The normalized spacial score (nSPS) is 23.0. The quantitative estimate of drug-likeness (QED) is 0.683. The zero-order chi connectivity index (χ0) is 8.97. The fourth-order valence-corrected chi connectivity index (χ4v) is 1.04. The second kappa shape index (κ2) is 4.69. The van der Waals surface area contributed by atoms with E-state index in [1.165, 1.54) is 6.92 Å². The standard InChI is InChI=1S/C7H14F2N2O/c1-6(7(8)9)10-11-2-4-12-5-3-11/h6-7,10H,2-5H2,1H3. The summed E-state index contributed by atoms with van der Waals surface area (Å²) in [5.41, 5.74) is 2.72. The molecule has 0 saturated carbocycles. The van der Waals surface area contributed by atoms with E-state index in [0.717, 1.165) is 0 Å². The molecule has 1 rings (SSSR count). The summed E-state index contributed by atoms with van der Waals surface area (Å²) in [7, 11) is 0. The van der Waals surface area contributed by atoms with E-state index in [9.17, 15) is 8.78 Å². The van der Waals surface area contributed by atoms with Gasteiger partial charge in [-0.2, -0.15) is 0 Å². The lowest BCUT2D eigenvalue weighted by atomic mass is 10.4. The van der Waals surface area contributed by atoms with Gasteiger partial charge in [-0.3, -0.25) is 0 Å². The maximum Gasteiger partial charge on any atom is 0.254 e. The summed E-state index contributed by atoms with van der Waals surface area (Å²) < 4.78 is 29.2. The highest BCUT2D eigenvalue weighted by molar-refractivity contribution is 4.64. The summed E-state index contributed by atoms with van der Waals surface area (Å²) >= 11 is 0. The van der Waals surface area contributed by atoms with Gasteiger partial charge in [0.05, 0.1) is 19.3 Å². The van der Waals surface area contributed by atoms with Crippen LogP contribution >= 0.6 is 0 Å². The second-order valence-electron chi connectivity index (χ2n) is 2.85. The summed E-state index contributed by atoms with van der Waals surface area (Å²) in [6, 6.07) is -0.775. The Kier molecular flexibility index (Phi) is 3.84. The Morgan fingerprint density at radius 1 is 1.33 bits per heavy atom. The van der Waals surface area contributed by atoms with Crippen molar-refractivity contribution in [3.63, 3.8) is 0 Å². The Balaban J connectivity index is 2.20. The summed E-state index contributed by atoms with van der Waals surface area (Å²) in [5.74, 6) is 0. The highest BCUT2D eigenvalue weighted by Crippen LogP contribution is 2.01. The lowest BCUT2D eigenvalue weighted by molar-refractivity contribution is -0.0165. The molecule has 1 fully saturated rings. The number of morpholine rings is 1. The van der Waals surface area contributed by atoms with Gasteiger partial charge in [0.1, 0.15) is 0 Å². The molecule has 0 aromatic rings. The molecule has 1 N–H and O–H groups in total. The van der Waals surface area contributed by atoms with Crippen molar-refractivity contribution in [3.8, 4) is 0 Å². The van der Waals surface area contributed by atoms with Crippen LogP contribution in [0.5, 0.6) is 0 Å². The van der Waals surface area contributed by atoms with Gasteiger partial charge in [0.2, 0.25) is 0 Å². The van der Waals surface area contributed by atoms with E-state index in [4.69, 9.17) is 4.74 Å². The first-order chi connectivity index (χ1) is 5.70. The monoisotopic (exact) mass is 180 g/mol. The fourth-order valence-electron chi connectivity index (χ4n) is 1.04. The number of halogens is 2. The van der Waals surface area contributed by atoms with Crippen molar-refractivity contribution in [2.45, 2.75) is 19.4 Å². The highest BCUT2D eigenvalue weighted by atomic mass is 19.3. The molecule has 0 bridgehead atoms. The van der Waals surface area contributed by atoms with Crippen molar-refractivity contribution in [1.82, 2.24) is 10.4 Å². The predicted molar refractivity (Wildman–Crippen MR) is 41.0 cm³/mol. The van der Waals surface area contributed by atoms with E-state index in [0.29, 0.717) is 26.3 Å². The number of hydrazine groups is 1. The van der Waals surface area contributed by atoms with Crippen LogP contribution < -0.4 is 5.43 Å². The van der Waals surface area contributed by atoms with Gasteiger partial charge in [0.15, 0.2) is 0 Å². The molecule has 1 aliphatic heterocycles. The topological polar surface area (TPSA) is 24.5 Å². The summed E-state index contributed by atoms with van der Waals surface area (Å²) in [4.78, 5) is 0. The van der Waals surface area contributed by atoms with Gasteiger partial charge in [0.25, 0.3) is 6.43 Å². The summed E-state index contributed by atoms with van der Waals surface area (Å²) in [6.45, 7) is 4.06. The minimum Gasteiger partial charge on any atom is -0.379 e. The Hall–Kier alpha value is -0.260. The molecular formula is C7H14F2N2O. The van der Waals surface area contributed by atoms with Crippen LogP contribution in [0.25, 0.3) is 0 Å². The Morgan fingerprint density at radius 2 is 1.92 bits per heavy atom. The summed E-state index contributed by atoms with van der Waals surface area (Å²) in [6.07, 6.45) is -2.31. The largest absolute Gasteiger partial charge is 0.379 e. The Labute approximate surface area is 70.6 Å². The molecule has 0 aliphatic carbocycles. The molecule has 0 radical (unpaired) electrons. The molecule has 0 aromatic carbocycles. The smallest absolute Gasteiger partial charge is 0.254 e. The number of nitrogens with zero attached hydrogens (tertiary/aromatic N) is 1. The minimum absolute atomic E-state index is 0.614. The lowest BCUT2D eigenvalue weighted by Gasteiger charge is -2.29. The molecule has 0 aromatic heterocycles. The molecule has 1 heterocycles. The number of ether oxygens (including phenoxy) is 1. The first-order valence-corrected chi connectivity index (χ1v) is 4.07. The lowest BCUT2D eigenvalue weighted by Crippen LogP contribution is -2.51. The Bertz CT molecular complexity index is 129. The van der Waals surface area contributed by atoms with Crippen LogP contribution in [0.15, 0.2) is 0 Å². The van der Waals surface area contributed by atoms with E-state index in [-0.39, 0.29) is 0 Å². The van der Waals surface area contributed by atoms with Crippen LogP contribution in [0.2, 0.25) is 0 Å². The molecule has 0 amide bonds. The third kappa shape index (κ3) is 3.00. The van der Waals surface area contributed by atoms with E-state index < -0.39 is 12.5 Å². The van der Waals surface area contributed by atoms with Gasteiger partial charge in [-0.05, 0) is 6.92 Å². The van der Waals surface area contributed by atoms with E-state index in [1.807, 2.05) is 0 Å². The summed E-state index contributed by atoms with van der Waals surface area (Å²) in [5, 5.41) is 1.78. The third-order valence-electron chi connectivity index (χ3n) is 1.78. The molecule has 12 heavy (non-hydrogen) atoms. The molecule has 5 heteroatoms. The van der Waals surface area contributed by atoms with Crippen LogP contribution in [-0.4, -0.2) is 43.8 Å². The van der Waals surface area contributed by atoms with Gasteiger partial charge >= 0.3 is 0 Å². The SMILES string of the molecule is CC(NN1CCOCC1)C(F)F. The van der Waals surface area contributed by atoms with Crippen LogP contribution in [-0.2, 0) is 4.74 Å². The molecule has 0 spiro atoms. The molecule has 1 atom stereocenters. The van der Waals surface area contributed by atoms with Crippen molar-refractivity contribution < 1.29 is 13.5 Å². The Morgan fingerprint density at radius 3 is 2.42 bits per heavy atom. The van der Waals surface area contributed by atoms with Crippen molar-refractivity contribution in [2.24, 2.45) is 0 Å². The zero-order valence-electron chi connectivity index (χ0n) is 7.09. The number of alkyl halides is 2. The van der Waals surface area contributed by atoms with Gasteiger partial charge in [-0.1, -0.05) is 0 Å². The van der Waals surface area contributed by atoms with Crippen LogP contribution in [0.1, 0.15) is 6.92 Å². The first-order valence-electron chi connectivity index (χ1n) is 4.07. The van der Waals surface area contributed by atoms with Crippen molar-refractivity contribution in [3.05, 3.63) is 0 Å². The molecule has 1 unspecified atom stereocenters. The van der Waals surface area contributed by atoms with Crippen LogP contribution in [0, 0.1) is 0 Å². The zero-order valence-corrected chi connectivity index (χ0v) is 7.09. The third-order valence-corrected chi connectivity index (χ3v) is 1.78. The van der Waals surface area contributed by atoms with E-state index in [1.54, 1.807) is 5.01 Å².